The molecule has 0 aromatic heterocycles. The molecule has 11 heavy (non-hydrogen) atoms. The van der Waals surface area contributed by atoms with Crippen LogP contribution in [0.4, 0.5) is 0 Å². The minimum atomic E-state index is -1.68. The predicted octanol–water partition coefficient (Wildman–Crippen LogP) is 2.60. The van der Waals surface area contributed by atoms with Crippen molar-refractivity contribution < 1.29 is 0 Å². The van der Waals surface area contributed by atoms with Crippen molar-refractivity contribution in [3.63, 3.8) is 0 Å². The Balaban J connectivity index is 4.12. The fourth-order valence-corrected chi connectivity index (χ4v) is 3.14. The van der Waals surface area contributed by atoms with Crippen LogP contribution < -0.4 is 0 Å². The second-order valence-corrected chi connectivity index (χ2v) is 6.78. The Morgan fingerprint density at radius 2 is 1.73 bits per heavy atom. The van der Waals surface area contributed by atoms with Gasteiger partial charge in [0, 0.05) is 0 Å². The second-order valence-electron chi connectivity index (χ2n) is 2.83. The van der Waals surface area contributed by atoms with Crippen LogP contribution in [0.5, 0.6) is 0 Å². The van der Waals surface area contributed by atoms with Gasteiger partial charge in [0.1, 0.15) is 0 Å². The SMILES string of the molecule is C#C[Si](C#C)(CC)CCCC. The Labute approximate surface area is 71.4 Å². The first-order valence-corrected chi connectivity index (χ1v) is 6.61. The first-order chi connectivity index (χ1) is 5.24. The van der Waals surface area contributed by atoms with Crippen molar-refractivity contribution in [2.24, 2.45) is 0 Å². The molecule has 0 N–H and O–H groups in total. The third-order valence-corrected chi connectivity index (χ3v) is 5.63. The fourth-order valence-electron chi connectivity index (χ4n) is 1.05. The molecule has 0 atom stereocenters. The van der Waals surface area contributed by atoms with Gasteiger partial charge in [0.2, 0.25) is 8.07 Å². The highest BCUT2D eigenvalue weighted by molar-refractivity contribution is 6.94. The Bertz CT molecular complexity index is 166. The Morgan fingerprint density at radius 1 is 1.18 bits per heavy atom. The van der Waals surface area contributed by atoms with Crippen molar-refractivity contribution in [2.75, 3.05) is 0 Å². The van der Waals surface area contributed by atoms with Crippen LogP contribution in [0.1, 0.15) is 26.7 Å². The van der Waals surface area contributed by atoms with E-state index in [4.69, 9.17) is 12.8 Å². The zero-order valence-electron chi connectivity index (χ0n) is 7.48. The number of hydrogen-bond acceptors (Lipinski definition) is 0. The standard InChI is InChI=1S/C10H16Si/c1-5-9-10-11(6-2,7-3)8-4/h2-3H,5,8-10H2,1,4H3. The monoisotopic (exact) mass is 164 g/mol. The average Bonchev–Trinajstić information content (AvgIpc) is 2.08. The van der Waals surface area contributed by atoms with Crippen LogP contribution in [-0.2, 0) is 0 Å². The van der Waals surface area contributed by atoms with Crippen LogP contribution in [0.3, 0.4) is 0 Å². The molecular formula is C10H16Si. The highest BCUT2D eigenvalue weighted by Gasteiger charge is 2.25. The van der Waals surface area contributed by atoms with Gasteiger partial charge in [0.05, 0.1) is 0 Å². The Kier molecular flexibility index (Phi) is 4.74. The maximum absolute atomic E-state index is 5.44. The summed E-state index contributed by atoms with van der Waals surface area (Å²) in [6.07, 6.45) is 13.3. The van der Waals surface area contributed by atoms with Crippen molar-refractivity contribution in [2.45, 2.75) is 38.8 Å². The molecule has 0 fully saturated rings. The van der Waals surface area contributed by atoms with E-state index in [2.05, 4.69) is 24.9 Å². The lowest BCUT2D eigenvalue weighted by atomic mass is 10.4. The predicted molar refractivity (Wildman–Crippen MR) is 53.6 cm³/mol. The molecule has 0 amide bonds. The quantitative estimate of drug-likeness (QED) is 0.442. The van der Waals surface area contributed by atoms with Crippen LogP contribution >= 0.6 is 0 Å². The lowest BCUT2D eigenvalue weighted by Gasteiger charge is -2.15. The first-order valence-electron chi connectivity index (χ1n) is 4.20. The maximum atomic E-state index is 5.44. The van der Waals surface area contributed by atoms with Gasteiger partial charge in [-0.3, -0.25) is 0 Å². The normalized spacial score (nSPS) is 10.2. The molecule has 0 saturated heterocycles. The molecule has 0 aliphatic heterocycles. The minimum absolute atomic E-state index is 1.03. The molecule has 0 unspecified atom stereocenters. The number of hydrogen-bond donors (Lipinski definition) is 0. The minimum Gasteiger partial charge on any atom is -0.126 e. The van der Waals surface area contributed by atoms with Crippen molar-refractivity contribution in [3.8, 4) is 23.9 Å². The molecule has 0 spiro atoms. The summed E-state index contributed by atoms with van der Waals surface area (Å²) in [7, 11) is -1.68. The van der Waals surface area contributed by atoms with Crippen molar-refractivity contribution in [1.82, 2.24) is 0 Å². The number of unbranched alkanes of at least 4 members (excludes halogenated alkanes) is 1. The van der Waals surface area contributed by atoms with Crippen LogP contribution in [0, 0.1) is 23.9 Å². The molecule has 0 radical (unpaired) electrons. The summed E-state index contributed by atoms with van der Waals surface area (Å²) in [4.78, 5) is 0. The largest absolute Gasteiger partial charge is 0.215 e. The Hall–Kier alpha value is -0.663. The van der Waals surface area contributed by atoms with Crippen LogP contribution in [0.2, 0.25) is 12.1 Å². The van der Waals surface area contributed by atoms with E-state index >= 15 is 0 Å². The van der Waals surface area contributed by atoms with Crippen molar-refractivity contribution in [3.05, 3.63) is 0 Å². The van der Waals surface area contributed by atoms with Gasteiger partial charge < -0.3 is 0 Å². The van der Waals surface area contributed by atoms with Crippen molar-refractivity contribution in [1.29, 1.82) is 0 Å². The molecule has 0 aromatic rings. The summed E-state index contributed by atoms with van der Waals surface area (Å²) < 4.78 is 0. The van der Waals surface area contributed by atoms with Crippen LogP contribution in [0.25, 0.3) is 0 Å². The molecule has 0 heterocycles. The van der Waals surface area contributed by atoms with E-state index in [0.29, 0.717) is 0 Å². The lowest BCUT2D eigenvalue weighted by Crippen LogP contribution is -2.29. The zero-order chi connectivity index (χ0) is 8.74. The third-order valence-electron chi connectivity index (χ3n) is 2.11. The highest BCUT2D eigenvalue weighted by atomic mass is 28.3. The summed E-state index contributed by atoms with van der Waals surface area (Å²) >= 11 is 0. The smallest absolute Gasteiger partial charge is 0.126 e. The lowest BCUT2D eigenvalue weighted by molar-refractivity contribution is 0.870. The number of rotatable bonds is 4. The van der Waals surface area contributed by atoms with E-state index in [-0.39, 0.29) is 0 Å². The summed E-state index contributed by atoms with van der Waals surface area (Å²) in [5, 5.41) is 0. The van der Waals surface area contributed by atoms with E-state index < -0.39 is 8.07 Å². The second kappa shape index (κ2) is 5.05. The molecule has 0 rings (SSSR count). The summed E-state index contributed by atoms with van der Waals surface area (Å²) in [6.45, 7) is 4.28. The van der Waals surface area contributed by atoms with E-state index in [0.717, 1.165) is 12.1 Å². The average molecular weight is 164 g/mol. The summed E-state index contributed by atoms with van der Waals surface area (Å²) in [5.74, 6) is 0. The van der Waals surface area contributed by atoms with E-state index in [1.54, 1.807) is 0 Å². The molecule has 0 saturated carbocycles. The molecule has 0 aromatic carbocycles. The van der Waals surface area contributed by atoms with Gasteiger partial charge in [0.15, 0.2) is 0 Å². The third kappa shape index (κ3) is 2.83. The molecule has 1 heteroatoms. The van der Waals surface area contributed by atoms with Gasteiger partial charge in [-0.2, -0.15) is 0 Å². The van der Waals surface area contributed by atoms with E-state index in [1.165, 1.54) is 12.8 Å². The first kappa shape index (κ1) is 10.3. The fraction of sp³-hybridized carbons (Fsp3) is 0.600. The van der Waals surface area contributed by atoms with E-state index in [9.17, 15) is 0 Å². The maximum Gasteiger partial charge on any atom is 0.215 e. The molecule has 0 bridgehead atoms. The summed E-state index contributed by atoms with van der Waals surface area (Å²) in [6, 6.07) is 2.13. The zero-order valence-corrected chi connectivity index (χ0v) is 8.48. The summed E-state index contributed by atoms with van der Waals surface area (Å²) in [5.41, 5.74) is 5.70. The molecule has 0 aliphatic carbocycles. The molecular weight excluding hydrogens is 148 g/mol. The van der Waals surface area contributed by atoms with Gasteiger partial charge in [0.25, 0.3) is 0 Å². The molecule has 0 nitrogen and oxygen atoms in total. The topological polar surface area (TPSA) is 0 Å². The number of terminal acetylenes is 2. The van der Waals surface area contributed by atoms with Gasteiger partial charge in [-0.1, -0.05) is 26.7 Å². The Morgan fingerprint density at radius 3 is 2.00 bits per heavy atom. The van der Waals surface area contributed by atoms with Gasteiger partial charge in [-0.05, 0) is 12.1 Å². The van der Waals surface area contributed by atoms with Gasteiger partial charge in [-0.25, -0.2) is 0 Å². The van der Waals surface area contributed by atoms with Crippen LogP contribution in [0.15, 0.2) is 0 Å². The molecule has 60 valence electrons. The van der Waals surface area contributed by atoms with Crippen LogP contribution in [-0.4, -0.2) is 8.07 Å². The molecule has 0 aliphatic rings. The highest BCUT2D eigenvalue weighted by Crippen LogP contribution is 2.16. The van der Waals surface area contributed by atoms with E-state index in [1.807, 2.05) is 0 Å². The van der Waals surface area contributed by atoms with Gasteiger partial charge in [-0.15, -0.1) is 23.9 Å². The van der Waals surface area contributed by atoms with Crippen molar-refractivity contribution >= 4 is 8.07 Å². The van der Waals surface area contributed by atoms with Gasteiger partial charge >= 0.3 is 0 Å².